The Morgan fingerprint density at radius 2 is 2.40 bits per heavy atom. The van der Waals surface area contributed by atoms with Crippen molar-refractivity contribution >= 4 is 11.7 Å². The number of carbonyl (C=O) groups excluding carboxylic acids is 1. The third kappa shape index (κ3) is 2.62. The molecule has 0 bridgehead atoms. The molecular formula is C9H9N3O3. The Kier molecular flexibility index (Phi) is 3.54. The number of carbonyl (C=O) groups is 1. The van der Waals surface area contributed by atoms with Crippen LogP contribution in [0.25, 0.3) is 10.4 Å². The minimum atomic E-state index is -0.609. The van der Waals surface area contributed by atoms with Gasteiger partial charge in [0.05, 0.1) is 6.61 Å². The Hall–Kier alpha value is -2.20. The topological polar surface area (TPSA) is 95.3 Å². The minimum Gasteiger partial charge on any atom is -0.507 e. The maximum atomic E-state index is 11.2. The molecule has 1 aromatic rings. The van der Waals surface area contributed by atoms with Crippen LogP contribution in [0.5, 0.6) is 5.75 Å². The van der Waals surface area contributed by atoms with Crippen molar-refractivity contribution in [2.24, 2.45) is 5.11 Å². The molecule has 0 aromatic heterocycles. The molecule has 0 unspecified atom stereocenters. The second-order valence-electron chi connectivity index (χ2n) is 2.61. The molecule has 1 rings (SSSR count). The molecule has 0 amide bonds. The second kappa shape index (κ2) is 4.88. The van der Waals surface area contributed by atoms with Gasteiger partial charge in [-0.1, -0.05) is 11.2 Å². The molecule has 0 saturated heterocycles. The van der Waals surface area contributed by atoms with Gasteiger partial charge in [0.2, 0.25) is 0 Å². The molecule has 0 saturated carbocycles. The molecule has 0 fully saturated rings. The van der Waals surface area contributed by atoms with Crippen molar-refractivity contribution in [1.29, 1.82) is 0 Å². The first kappa shape index (κ1) is 10.9. The lowest BCUT2D eigenvalue weighted by molar-refractivity contribution is 0.0523. The Bertz CT molecular complexity index is 425. The van der Waals surface area contributed by atoms with Crippen molar-refractivity contribution in [3.05, 3.63) is 34.2 Å². The van der Waals surface area contributed by atoms with Crippen LogP contribution in [0, 0.1) is 0 Å². The first-order chi connectivity index (χ1) is 7.19. The molecule has 1 aromatic carbocycles. The first-order valence-electron chi connectivity index (χ1n) is 4.24. The van der Waals surface area contributed by atoms with Gasteiger partial charge in [0.15, 0.2) is 0 Å². The summed E-state index contributed by atoms with van der Waals surface area (Å²) in [5.41, 5.74) is 8.45. The van der Waals surface area contributed by atoms with Crippen LogP contribution in [-0.2, 0) is 4.74 Å². The summed E-state index contributed by atoms with van der Waals surface area (Å²) in [4.78, 5) is 13.8. The van der Waals surface area contributed by atoms with Crippen LogP contribution in [0.2, 0.25) is 0 Å². The summed E-state index contributed by atoms with van der Waals surface area (Å²) in [6.07, 6.45) is 0. The number of aromatic hydroxyl groups is 1. The summed E-state index contributed by atoms with van der Waals surface area (Å²) in [5, 5.41) is 12.7. The largest absolute Gasteiger partial charge is 0.507 e. The van der Waals surface area contributed by atoms with Crippen molar-refractivity contribution in [3.63, 3.8) is 0 Å². The summed E-state index contributed by atoms with van der Waals surface area (Å²) in [7, 11) is 0. The van der Waals surface area contributed by atoms with E-state index in [9.17, 15) is 9.90 Å². The number of hydrogen-bond acceptors (Lipinski definition) is 4. The summed E-state index contributed by atoms with van der Waals surface area (Å²) in [6, 6.07) is 3.97. The maximum absolute atomic E-state index is 11.2. The normalized spacial score (nSPS) is 9.13. The minimum absolute atomic E-state index is 0.0498. The maximum Gasteiger partial charge on any atom is 0.341 e. The SMILES string of the molecule is CCOC(=O)c1ccc(N=[N+]=[N-])cc1O. The van der Waals surface area contributed by atoms with Crippen molar-refractivity contribution in [1.82, 2.24) is 0 Å². The Morgan fingerprint density at radius 3 is 2.93 bits per heavy atom. The van der Waals surface area contributed by atoms with E-state index >= 15 is 0 Å². The van der Waals surface area contributed by atoms with E-state index in [0.717, 1.165) is 0 Å². The molecule has 0 aliphatic heterocycles. The summed E-state index contributed by atoms with van der Waals surface area (Å²) < 4.78 is 4.71. The van der Waals surface area contributed by atoms with Gasteiger partial charge in [-0.25, -0.2) is 4.79 Å². The monoisotopic (exact) mass is 207 g/mol. The number of phenolic OH excluding ortho intramolecular Hbond substituents is 1. The molecule has 1 N–H and O–H groups in total. The summed E-state index contributed by atoms with van der Waals surface area (Å²) in [5.74, 6) is -0.874. The average Bonchev–Trinajstić information content (AvgIpc) is 2.18. The number of benzene rings is 1. The highest BCUT2D eigenvalue weighted by atomic mass is 16.5. The lowest BCUT2D eigenvalue weighted by Crippen LogP contribution is -2.04. The number of azide groups is 1. The van der Waals surface area contributed by atoms with E-state index in [1.54, 1.807) is 6.92 Å². The average molecular weight is 207 g/mol. The fourth-order valence-electron chi connectivity index (χ4n) is 1.02. The zero-order chi connectivity index (χ0) is 11.3. The summed E-state index contributed by atoms with van der Waals surface area (Å²) >= 11 is 0. The molecule has 0 aliphatic carbocycles. The predicted molar refractivity (Wildman–Crippen MR) is 52.9 cm³/mol. The van der Waals surface area contributed by atoms with E-state index < -0.39 is 5.97 Å². The molecule has 0 heterocycles. The van der Waals surface area contributed by atoms with Crippen molar-refractivity contribution in [2.45, 2.75) is 6.92 Å². The van der Waals surface area contributed by atoms with E-state index in [1.165, 1.54) is 18.2 Å². The zero-order valence-electron chi connectivity index (χ0n) is 8.04. The van der Waals surface area contributed by atoms with Crippen LogP contribution in [0.15, 0.2) is 23.3 Å². The van der Waals surface area contributed by atoms with E-state index in [0.29, 0.717) is 0 Å². The number of phenols is 1. The molecule has 78 valence electrons. The van der Waals surface area contributed by atoms with E-state index in [-0.39, 0.29) is 23.6 Å². The molecular weight excluding hydrogens is 198 g/mol. The highest BCUT2D eigenvalue weighted by molar-refractivity contribution is 5.92. The van der Waals surface area contributed by atoms with Crippen molar-refractivity contribution in [2.75, 3.05) is 6.61 Å². The van der Waals surface area contributed by atoms with Crippen LogP contribution in [0.3, 0.4) is 0 Å². The van der Waals surface area contributed by atoms with Gasteiger partial charge in [-0.2, -0.15) is 0 Å². The fourth-order valence-corrected chi connectivity index (χ4v) is 1.02. The van der Waals surface area contributed by atoms with Gasteiger partial charge in [-0.3, -0.25) is 0 Å². The van der Waals surface area contributed by atoms with Crippen LogP contribution in [0.4, 0.5) is 5.69 Å². The van der Waals surface area contributed by atoms with Gasteiger partial charge in [-0.05, 0) is 24.6 Å². The standard InChI is InChI=1S/C9H9N3O3/c1-2-15-9(14)7-4-3-6(11-12-10)5-8(7)13/h3-5,13H,2H2,1H3. The smallest absolute Gasteiger partial charge is 0.341 e. The van der Waals surface area contributed by atoms with Crippen LogP contribution >= 0.6 is 0 Å². The quantitative estimate of drug-likeness (QED) is 0.357. The van der Waals surface area contributed by atoms with E-state index in [2.05, 4.69) is 10.0 Å². The van der Waals surface area contributed by atoms with Gasteiger partial charge in [0.1, 0.15) is 11.3 Å². The van der Waals surface area contributed by atoms with Gasteiger partial charge in [0.25, 0.3) is 0 Å². The number of esters is 1. The number of nitrogens with zero attached hydrogens (tertiary/aromatic N) is 3. The van der Waals surface area contributed by atoms with Crippen LogP contribution < -0.4 is 0 Å². The number of hydrogen-bond donors (Lipinski definition) is 1. The number of rotatable bonds is 3. The Morgan fingerprint density at radius 1 is 1.67 bits per heavy atom. The summed E-state index contributed by atoms with van der Waals surface area (Å²) in [6.45, 7) is 1.90. The molecule has 0 radical (unpaired) electrons. The van der Waals surface area contributed by atoms with Crippen molar-refractivity contribution < 1.29 is 14.6 Å². The van der Waals surface area contributed by atoms with Gasteiger partial charge >= 0.3 is 5.97 Å². The van der Waals surface area contributed by atoms with Gasteiger partial charge in [-0.15, -0.1) is 0 Å². The van der Waals surface area contributed by atoms with Gasteiger partial charge in [0, 0.05) is 10.6 Å². The molecule has 6 nitrogen and oxygen atoms in total. The molecule has 0 atom stereocenters. The lowest BCUT2D eigenvalue weighted by Gasteiger charge is -2.04. The van der Waals surface area contributed by atoms with Crippen molar-refractivity contribution in [3.8, 4) is 5.75 Å². The molecule has 6 heteroatoms. The van der Waals surface area contributed by atoms with Crippen LogP contribution in [0.1, 0.15) is 17.3 Å². The molecule has 0 aliphatic rings. The highest BCUT2D eigenvalue weighted by Gasteiger charge is 2.11. The van der Waals surface area contributed by atoms with Crippen LogP contribution in [-0.4, -0.2) is 17.7 Å². The zero-order valence-corrected chi connectivity index (χ0v) is 8.04. The third-order valence-corrected chi connectivity index (χ3v) is 1.64. The molecule has 15 heavy (non-hydrogen) atoms. The lowest BCUT2D eigenvalue weighted by atomic mass is 10.2. The Labute approximate surface area is 85.7 Å². The highest BCUT2D eigenvalue weighted by Crippen LogP contribution is 2.24. The second-order valence-corrected chi connectivity index (χ2v) is 2.61. The van der Waals surface area contributed by atoms with E-state index in [4.69, 9.17) is 10.3 Å². The fraction of sp³-hybridized carbons (Fsp3) is 0.222. The number of ether oxygens (including phenoxy) is 1. The predicted octanol–water partition coefficient (Wildman–Crippen LogP) is 2.51. The molecule has 0 spiro atoms. The third-order valence-electron chi connectivity index (χ3n) is 1.64. The van der Waals surface area contributed by atoms with Gasteiger partial charge < -0.3 is 9.84 Å². The first-order valence-corrected chi connectivity index (χ1v) is 4.24. The van der Waals surface area contributed by atoms with E-state index in [1.807, 2.05) is 0 Å². The Balaban J connectivity index is 3.02.